The molecule has 1 N–H and O–H groups in total. The molecule has 0 unspecified atom stereocenters. The van der Waals surface area contributed by atoms with Crippen LogP contribution in [-0.2, 0) is 4.79 Å². The average Bonchev–Trinajstić information content (AvgIpc) is 3.29. The van der Waals surface area contributed by atoms with Crippen molar-refractivity contribution in [3.8, 4) is 11.1 Å². The van der Waals surface area contributed by atoms with Crippen LogP contribution < -0.4 is 0 Å². The lowest BCUT2D eigenvalue weighted by molar-refractivity contribution is -0.141. The highest BCUT2D eigenvalue weighted by molar-refractivity contribution is 6.31. The second-order valence-corrected chi connectivity index (χ2v) is 8.73. The highest BCUT2D eigenvalue weighted by atomic mass is 35.5. The normalized spacial score (nSPS) is 17.9. The molecule has 4 nitrogen and oxygen atoms in total. The van der Waals surface area contributed by atoms with Crippen LogP contribution in [0.5, 0.6) is 0 Å². The van der Waals surface area contributed by atoms with Gasteiger partial charge in [0.05, 0.1) is 6.04 Å². The van der Waals surface area contributed by atoms with E-state index in [0.717, 1.165) is 22.1 Å². The molecule has 1 aliphatic heterocycles. The van der Waals surface area contributed by atoms with Crippen molar-refractivity contribution in [3.63, 3.8) is 0 Å². The average molecular weight is 456 g/mol. The van der Waals surface area contributed by atoms with Gasteiger partial charge in [-0.2, -0.15) is 0 Å². The van der Waals surface area contributed by atoms with Crippen LogP contribution in [0.1, 0.15) is 34.8 Å². The summed E-state index contributed by atoms with van der Waals surface area (Å²) in [6, 6.07) is 27.9. The van der Waals surface area contributed by atoms with Gasteiger partial charge in [-0.3, -0.25) is 4.79 Å². The molecule has 4 aromatic rings. The van der Waals surface area contributed by atoms with E-state index in [-0.39, 0.29) is 11.9 Å². The van der Waals surface area contributed by atoms with E-state index in [2.05, 4.69) is 30.3 Å². The first-order valence-electron chi connectivity index (χ1n) is 10.9. The van der Waals surface area contributed by atoms with Gasteiger partial charge in [0.15, 0.2) is 0 Å². The second kappa shape index (κ2) is 8.72. The fourth-order valence-corrected chi connectivity index (χ4v) is 4.97. The molecule has 5 heteroatoms. The minimum absolute atomic E-state index is 0.296. The van der Waals surface area contributed by atoms with Crippen LogP contribution in [0.3, 0.4) is 0 Å². The Labute approximate surface area is 197 Å². The summed E-state index contributed by atoms with van der Waals surface area (Å²) in [5.74, 6) is -1.29. The lowest BCUT2D eigenvalue weighted by atomic mass is 9.99. The van der Waals surface area contributed by atoms with Crippen LogP contribution in [-0.4, -0.2) is 27.9 Å². The van der Waals surface area contributed by atoms with Gasteiger partial charge in [-0.05, 0) is 64.6 Å². The molecule has 33 heavy (non-hydrogen) atoms. The summed E-state index contributed by atoms with van der Waals surface area (Å²) in [5.41, 5.74) is 3.30. The first-order valence-corrected chi connectivity index (χ1v) is 11.3. The van der Waals surface area contributed by atoms with Gasteiger partial charge in [0.1, 0.15) is 6.04 Å². The first-order chi connectivity index (χ1) is 16.0. The van der Waals surface area contributed by atoms with E-state index in [9.17, 15) is 14.7 Å². The number of rotatable bonds is 4. The molecule has 0 aromatic heterocycles. The van der Waals surface area contributed by atoms with Gasteiger partial charge in [0.2, 0.25) is 0 Å². The first kappa shape index (κ1) is 21.2. The van der Waals surface area contributed by atoms with Crippen molar-refractivity contribution in [1.29, 1.82) is 0 Å². The van der Waals surface area contributed by atoms with E-state index in [4.69, 9.17) is 11.6 Å². The molecular formula is C28H22ClNO3. The van der Waals surface area contributed by atoms with Crippen LogP contribution in [0.25, 0.3) is 21.9 Å². The van der Waals surface area contributed by atoms with E-state index in [1.807, 2.05) is 42.5 Å². The van der Waals surface area contributed by atoms with Gasteiger partial charge < -0.3 is 10.0 Å². The largest absolute Gasteiger partial charge is 0.480 e. The molecule has 0 radical (unpaired) electrons. The minimum atomic E-state index is -0.995. The zero-order valence-corrected chi connectivity index (χ0v) is 18.6. The molecule has 1 saturated heterocycles. The zero-order chi connectivity index (χ0) is 22.9. The molecule has 1 aliphatic rings. The molecule has 2 atom stereocenters. The third-order valence-corrected chi connectivity index (χ3v) is 6.73. The van der Waals surface area contributed by atoms with E-state index in [1.165, 1.54) is 10.3 Å². The summed E-state index contributed by atoms with van der Waals surface area (Å²) in [5, 5.41) is 12.6. The number of carboxylic acid groups (broad SMARTS) is 1. The van der Waals surface area contributed by atoms with E-state index in [1.54, 1.807) is 18.2 Å². The maximum atomic E-state index is 13.5. The SMILES string of the molecule is O=C(O)[C@@H]1CC[C@H](c2ccccc2Cl)N1C(=O)c1ccc(-c2ccc3ccccc3c2)cc1. The van der Waals surface area contributed by atoms with Crippen molar-refractivity contribution in [2.45, 2.75) is 24.9 Å². The topological polar surface area (TPSA) is 57.6 Å². The van der Waals surface area contributed by atoms with Crippen molar-refractivity contribution < 1.29 is 14.7 Å². The molecule has 0 saturated carbocycles. The number of likely N-dealkylation sites (tertiary alicyclic amines) is 1. The smallest absolute Gasteiger partial charge is 0.326 e. The molecule has 1 fully saturated rings. The van der Waals surface area contributed by atoms with E-state index >= 15 is 0 Å². The summed E-state index contributed by atoms with van der Waals surface area (Å²) in [6.07, 6.45) is 0.952. The van der Waals surface area contributed by atoms with Gasteiger partial charge >= 0.3 is 5.97 Å². The molecule has 1 amide bonds. The minimum Gasteiger partial charge on any atom is -0.480 e. The Bertz CT molecular complexity index is 1350. The second-order valence-electron chi connectivity index (χ2n) is 8.32. The van der Waals surface area contributed by atoms with Gasteiger partial charge in [-0.25, -0.2) is 4.79 Å². The van der Waals surface area contributed by atoms with Crippen LogP contribution in [0.4, 0.5) is 0 Å². The van der Waals surface area contributed by atoms with Crippen molar-refractivity contribution >= 4 is 34.2 Å². The summed E-state index contributed by atoms with van der Waals surface area (Å²) in [6.45, 7) is 0. The molecule has 4 aromatic carbocycles. The fourth-order valence-electron chi connectivity index (χ4n) is 4.71. The van der Waals surface area contributed by atoms with Crippen molar-refractivity contribution in [2.24, 2.45) is 0 Å². The Morgan fingerprint density at radius 1 is 0.788 bits per heavy atom. The number of carbonyl (C=O) groups is 2. The van der Waals surface area contributed by atoms with E-state index in [0.29, 0.717) is 23.4 Å². The Morgan fingerprint density at radius 3 is 2.18 bits per heavy atom. The number of carboxylic acids is 1. The molecule has 0 aliphatic carbocycles. The van der Waals surface area contributed by atoms with Crippen molar-refractivity contribution in [2.75, 3.05) is 0 Å². The number of hydrogen-bond acceptors (Lipinski definition) is 2. The molecule has 1 heterocycles. The van der Waals surface area contributed by atoms with Gasteiger partial charge in [-0.15, -0.1) is 0 Å². The van der Waals surface area contributed by atoms with Gasteiger partial charge in [0, 0.05) is 10.6 Å². The van der Waals surface area contributed by atoms with Gasteiger partial charge in [0.25, 0.3) is 5.91 Å². The van der Waals surface area contributed by atoms with Crippen LogP contribution in [0.15, 0.2) is 91.0 Å². The summed E-state index contributed by atoms with van der Waals surface area (Å²) < 4.78 is 0. The Morgan fingerprint density at radius 2 is 1.45 bits per heavy atom. The predicted octanol–water partition coefficient (Wildman–Crippen LogP) is 6.59. The third kappa shape index (κ3) is 3.98. The molecular weight excluding hydrogens is 434 g/mol. The Hall–Kier alpha value is -3.63. The van der Waals surface area contributed by atoms with Crippen LogP contribution in [0, 0.1) is 0 Å². The molecule has 5 rings (SSSR count). The maximum absolute atomic E-state index is 13.5. The number of halogens is 1. The quantitative estimate of drug-likeness (QED) is 0.377. The molecule has 0 bridgehead atoms. The Kier molecular flexibility index (Phi) is 5.61. The monoisotopic (exact) mass is 455 g/mol. The number of carbonyl (C=O) groups excluding carboxylic acids is 1. The number of aliphatic carboxylic acids is 1. The van der Waals surface area contributed by atoms with Crippen molar-refractivity contribution in [3.05, 3.63) is 107 Å². The zero-order valence-electron chi connectivity index (χ0n) is 17.8. The van der Waals surface area contributed by atoms with Gasteiger partial charge in [-0.1, -0.05) is 78.3 Å². The highest BCUT2D eigenvalue weighted by Crippen LogP contribution is 2.40. The van der Waals surface area contributed by atoms with Crippen LogP contribution in [0.2, 0.25) is 5.02 Å². The lowest BCUT2D eigenvalue weighted by Crippen LogP contribution is -2.41. The maximum Gasteiger partial charge on any atom is 0.326 e. The number of amides is 1. The Balaban J connectivity index is 1.46. The number of hydrogen-bond donors (Lipinski definition) is 1. The molecule has 164 valence electrons. The summed E-state index contributed by atoms with van der Waals surface area (Å²) in [7, 11) is 0. The van der Waals surface area contributed by atoms with Crippen molar-refractivity contribution in [1.82, 2.24) is 4.90 Å². The van der Waals surface area contributed by atoms with Crippen LogP contribution >= 0.6 is 11.6 Å². The lowest BCUT2D eigenvalue weighted by Gasteiger charge is -2.29. The summed E-state index contributed by atoms with van der Waals surface area (Å²) >= 11 is 6.39. The fraction of sp³-hybridized carbons (Fsp3) is 0.143. The summed E-state index contributed by atoms with van der Waals surface area (Å²) in [4.78, 5) is 26.9. The number of fused-ring (bicyclic) bond motifs is 1. The number of benzene rings is 4. The third-order valence-electron chi connectivity index (χ3n) is 6.38. The highest BCUT2D eigenvalue weighted by Gasteiger charge is 2.42. The number of nitrogens with zero attached hydrogens (tertiary/aromatic N) is 1. The molecule has 0 spiro atoms. The predicted molar refractivity (Wildman–Crippen MR) is 130 cm³/mol. The standard InChI is InChI=1S/C28H22ClNO3/c29-24-8-4-3-7-23(24)25-15-16-26(28(32)33)30(25)27(31)20-12-9-19(10-13-20)22-14-11-18-5-1-2-6-21(18)17-22/h1-14,17,25-26H,15-16H2,(H,32,33)/t25-,26+/m1/s1. The van der Waals surface area contributed by atoms with E-state index < -0.39 is 12.0 Å².